The van der Waals surface area contributed by atoms with Crippen molar-refractivity contribution in [2.75, 3.05) is 11.9 Å². The molecule has 168 valence electrons. The van der Waals surface area contributed by atoms with Gasteiger partial charge in [0.25, 0.3) is 0 Å². The number of carbonyl (C=O) groups is 2. The molecule has 2 rings (SSSR count). The lowest BCUT2D eigenvalue weighted by molar-refractivity contribution is -0.783. The number of hydrogen-bond acceptors (Lipinski definition) is 9. The van der Waals surface area contributed by atoms with Gasteiger partial charge in [-0.05, 0) is 12.8 Å². The van der Waals surface area contributed by atoms with Crippen molar-refractivity contribution in [2.45, 2.75) is 63.1 Å². The van der Waals surface area contributed by atoms with Gasteiger partial charge < -0.3 is 20.1 Å². The molecule has 13 nitrogen and oxygen atoms in total. The zero-order valence-corrected chi connectivity index (χ0v) is 16.6. The van der Waals surface area contributed by atoms with Crippen LogP contribution in [0.1, 0.15) is 44.8 Å². The Morgan fingerprint density at radius 1 is 1.17 bits per heavy atom. The van der Waals surface area contributed by atoms with Gasteiger partial charge in [-0.2, -0.15) is 9.13 Å². The summed E-state index contributed by atoms with van der Waals surface area (Å²) in [7, 11) is 1.38. The van der Waals surface area contributed by atoms with Crippen LogP contribution in [0, 0.1) is 0 Å². The van der Waals surface area contributed by atoms with Crippen molar-refractivity contribution >= 4 is 17.8 Å². The quantitative estimate of drug-likeness (QED) is 0.101. The largest absolute Gasteiger partial charge is 0.448 e. The van der Waals surface area contributed by atoms with Gasteiger partial charge >= 0.3 is 11.6 Å². The highest BCUT2D eigenvalue weighted by Crippen LogP contribution is 2.24. The van der Waals surface area contributed by atoms with Gasteiger partial charge in [0.2, 0.25) is 24.4 Å². The van der Waals surface area contributed by atoms with Crippen LogP contribution in [0.4, 0.5) is 5.95 Å². The Kier molecular flexibility index (Phi) is 8.80. The molecule has 4 atom stereocenters. The smallest absolute Gasteiger partial charge is 0.394 e. The first-order chi connectivity index (χ1) is 14.3. The monoisotopic (exact) mass is 430 g/mol. The normalized spacial score (nSPS) is 23.4. The molecule has 0 aromatic carbocycles. The van der Waals surface area contributed by atoms with Crippen molar-refractivity contribution in [1.82, 2.24) is 15.0 Å². The van der Waals surface area contributed by atoms with Gasteiger partial charge in [-0.15, -0.1) is 0 Å². The standard InChI is InChI=1S/C17H27N5O8/c1-21-16(19-11(24)6-4-2-3-5-7-12(25)20-29)18-9-22(17(21)28)15-14(27)13(26)10(8-23)30-15/h9-10,13-15,23,26-27H,2-8H2,1H3,(H2,20,25,29)/p+1. The third kappa shape index (κ3) is 5.79. The minimum Gasteiger partial charge on any atom is -0.394 e. The molecule has 30 heavy (non-hydrogen) atoms. The van der Waals surface area contributed by atoms with Crippen molar-refractivity contribution in [3.8, 4) is 0 Å². The first-order valence-corrected chi connectivity index (χ1v) is 9.62. The van der Waals surface area contributed by atoms with Crippen molar-refractivity contribution in [3.05, 3.63) is 16.8 Å². The molecule has 2 heterocycles. The summed E-state index contributed by atoms with van der Waals surface area (Å²) in [6.45, 7) is -0.522. The number of amides is 2. The van der Waals surface area contributed by atoms with Crippen LogP contribution in [0.5, 0.6) is 0 Å². The number of hydrogen-bond donors (Lipinski definition) is 6. The number of carbonyl (C=O) groups excluding carboxylic acids is 2. The van der Waals surface area contributed by atoms with E-state index in [-0.39, 0.29) is 24.7 Å². The Hall–Kier alpha value is -2.45. The maximum Gasteiger partial charge on any atom is 0.448 e. The zero-order chi connectivity index (χ0) is 22.3. The summed E-state index contributed by atoms with van der Waals surface area (Å²) >= 11 is 0. The number of hydroxylamine groups is 1. The Bertz CT molecular complexity index is 801. The maximum absolute atomic E-state index is 12.6. The van der Waals surface area contributed by atoms with Gasteiger partial charge in [-0.1, -0.05) is 17.8 Å². The molecular weight excluding hydrogens is 402 g/mol. The number of rotatable bonds is 10. The molecule has 4 unspecified atom stereocenters. The van der Waals surface area contributed by atoms with E-state index in [0.29, 0.717) is 12.8 Å². The van der Waals surface area contributed by atoms with E-state index in [1.165, 1.54) is 7.05 Å². The maximum atomic E-state index is 12.6. The lowest BCUT2D eigenvalue weighted by atomic mass is 10.1. The molecule has 0 spiro atoms. The second-order valence-corrected chi connectivity index (χ2v) is 7.04. The number of nitrogens with zero attached hydrogens (tertiary/aromatic N) is 3. The number of aliphatic hydroxyl groups excluding tert-OH is 3. The van der Waals surface area contributed by atoms with Crippen molar-refractivity contribution in [2.24, 2.45) is 7.05 Å². The van der Waals surface area contributed by atoms with E-state index >= 15 is 0 Å². The average molecular weight is 430 g/mol. The summed E-state index contributed by atoms with van der Waals surface area (Å²) in [6.07, 6.45) is -0.892. The molecule has 1 aliphatic rings. The van der Waals surface area contributed by atoms with Gasteiger partial charge in [0, 0.05) is 12.8 Å². The molecule has 0 aliphatic carbocycles. The third-order valence-electron chi connectivity index (χ3n) is 4.85. The predicted octanol–water partition coefficient (Wildman–Crippen LogP) is -2.54. The third-order valence-corrected chi connectivity index (χ3v) is 4.85. The number of unbranched alkanes of at least 4 members (excludes halogenated alkanes) is 3. The minimum absolute atomic E-state index is 0.00705. The fraction of sp³-hybridized carbons (Fsp3) is 0.706. The fourth-order valence-electron chi connectivity index (χ4n) is 3.08. The lowest BCUT2D eigenvalue weighted by Gasteiger charge is -2.13. The molecule has 0 radical (unpaired) electrons. The van der Waals surface area contributed by atoms with Crippen LogP contribution in [0.25, 0.3) is 0 Å². The highest BCUT2D eigenvalue weighted by atomic mass is 16.6. The van der Waals surface area contributed by atoms with Crippen LogP contribution in [-0.2, 0) is 21.4 Å². The molecule has 1 saturated heterocycles. The average Bonchev–Trinajstić information content (AvgIpc) is 3.02. The first kappa shape index (κ1) is 23.8. The molecule has 1 aromatic heterocycles. The fourth-order valence-corrected chi connectivity index (χ4v) is 3.08. The predicted molar refractivity (Wildman–Crippen MR) is 98.9 cm³/mol. The second-order valence-electron chi connectivity index (χ2n) is 7.04. The molecule has 0 saturated carbocycles. The Labute approximate surface area is 171 Å². The topological polar surface area (TPSA) is 187 Å². The van der Waals surface area contributed by atoms with Crippen LogP contribution in [0.15, 0.2) is 11.1 Å². The summed E-state index contributed by atoms with van der Waals surface area (Å²) in [5, 5.41) is 40.0. The van der Waals surface area contributed by atoms with Crippen molar-refractivity contribution < 1.29 is 39.4 Å². The Morgan fingerprint density at radius 3 is 2.37 bits per heavy atom. The highest BCUT2D eigenvalue weighted by molar-refractivity contribution is 5.88. The van der Waals surface area contributed by atoms with Crippen LogP contribution in [-0.4, -0.2) is 66.8 Å². The molecule has 2 amide bonds. The summed E-state index contributed by atoms with van der Waals surface area (Å²) in [5.41, 5.74) is 0.916. The molecular formula is C17H28N5O8+. The molecule has 6 N–H and O–H groups in total. The lowest BCUT2D eigenvalue weighted by Crippen LogP contribution is -2.60. The number of aliphatic hydroxyl groups is 3. The number of nitrogens with one attached hydrogen (secondary N) is 2. The van der Waals surface area contributed by atoms with E-state index < -0.39 is 42.7 Å². The zero-order valence-electron chi connectivity index (χ0n) is 16.6. The van der Waals surface area contributed by atoms with Crippen LogP contribution in [0.3, 0.4) is 0 Å². The number of aromatic nitrogens is 3. The SMILES string of the molecule is Cn1c(NC(=O)CCCCCCC(=O)NO)nc[n+](C2OC(CO)C(O)C2O)c1=O. The summed E-state index contributed by atoms with van der Waals surface area (Å²) < 4.78 is 7.36. The van der Waals surface area contributed by atoms with E-state index in [9.17, 15) is 24.6 Å². The van der Waals surface area contributed by atoms with E-state index in [1.807, 2.05) is 0 Å². The summed E-state index contributed by atoms with van der Waals surface area (Å²) in [5.74, 6) is -0.776. The minimum atomic E-state index is -1.43. The molecule has 13 heteroatoms. The van der Waals surface area contributed by atoms with E-state index in [4.69, 9.17) is 15.1 Å². The van der Waals surface area contributed by atoms with Crippen molar-refractivity contribution in [1.29, 1.82) is 0 Å². The second kappa shape index (κ2) is 11.1. The number of ether oxygens (including phenoxy) is 1. The summed E-state index contributed by atoms with van der Waals surface area (Å²) in [6, 6.07) is 0. The molecule has 1 aromatic rings. The van der Waals surface area contributed by atoms with Gasteiger partial charge in [0.1, 0.15) is 18.3 Å². The molecule has 0 bridgehead atoms. The van der Waals surface area contributed by atoms with Crippen LogP contribution in [0.2, 0.25) is 0 Å². The van der Waals surface area contributed by atoms with Crippen LogP contribution < -0.4 is 21.1 Å². The first-order valence-electron chi connectivity index (χ1n) is 9.62. The Balaban J connectivity index is 1.89. The summed E-state index contributed by atoms with van der Waals surface area (Å²) in [4.78, 5) is 39.5. The van der Waals surface area contributed by atoms with E-state index in [2.05, 4.69) is 10.3 Å². The van der Waals surface area contributed by atoms with Gasteiger partial charge in [0.15, 0.2) is 0 Å². The van der Waals surface area contributed by atoms with Gasteiger partial charge in [-0.3, -0.25) is 20.1 Å². The molecule has 1 fully saturated rings. The van der Waals surface area contributed by atoms with E-state index in [1.54, 1.807) is 5.48 Å². The molecule has 1 aliphatic heterocycles. The van der Waals surface area contributed by atoms with Gasteiger partial charge in [-0.25, -0.2) is 10.3 Å². The number of anilines is 1. The van der Waals surface area contributed by atoms with Crippen molar-refractivity contribution in [3.63, 3.8) is 0 Å². The van der Waals surface area contributed by atoms with E-state index in [0.717, 1.165) is 28.3 Å². The van der Waals surface area contributed by atoms with Gasteiger partial charge in [0.05, 0.1) is 13.7 Å². The van der Waals surface area contributed by atoms with Crippen LogP contribution >= 0.6 is 0 Å². The highest BCUT2D eigenvalue weighted by Gasteiger charge is 2.46. The Morgan fingerprint density at radius 2 is 1.80 bits per heavy atom.